The molecule has 4 rings (SSSR count). The minimum Gasteiger partial charge on any atom is -0.480 e. The van der Waals surface area contributed by atoms with E-state index in [1.165, 1.54) is 0 Å². The van der Waals surface area contributed by atoms with E-state index >= 15 is 0 Å². The summed E-state index contributed by atoms with van der Waals surface area (Å²) in [7, 11) is 0. The van der Waals surface area contributed by atoms with Gasteiger partial charge in [-0.15, -0.1) is 0 Å². The van der Waals surface area contributed by atoms with Gasteiger partial charge in [-0.2, -0.15) is 0 Å². The summed E-state index contributed by atoms with van der Waals surface area (Å²) in [5.41, 5.74) is 3.77. The number of benzene rings is 2. The smallest absolute Gasteiger partial charge is 0.326 e. The van der Waals surface area contributed by atoms with Crippen LogP contribution in [0.4, 0.5) is 5.69 Å². The summed E-state index contributed by atoms with van der Waals surface area (Å²) in [6.07, 6.45) is 4.96. The molecule has 1 atom stereocenters. The zero-order valence-corrected chi connectivity index (χ0v) is 19.9. The maximum atomic E-state index is 12.9. The number of aromatic nitrogens is 2. The van der Waals surface area contributed by atoms with Crippen LogP contribution in [0.2, 0.25) is 5.02 Å². The molecule has 2 N–H and O–H groups in total. The molecule has 1 aliphatic rings. The number of carbonyl (C=O) groups is 2. The third-order valence-corrected chi connectivity index (χ3v) is 6.79. The van der Waals surface area contributed by atoms with Crippen molar-refractivity contribution in [1.29, 1.82) is 0 Å². The fourth-order valence-electron chi connectivity index (χ4n) is 4.35. The van der Waals surface area contributed by atoms with Gasteiger partial charge in [0.25, 0.3) is 0 Å². The first-order valence-corrected chi connectivity index (χ1v) is 11.9. The van der Waals surface area contributed by atoms with Crippen molar-refractivity contribution >= 4 is 29.2 Å². The van der Waals surface area contributed by atoms with Crippen molar-refractivity contribution in [3.05, 3.63) is 82.9 Å². The van der Waals surface area contributed by atoms with E-state index in [2.05, 4.69) is 15.2 Å². The van der Waals surface area contributed by atoms with Gasteiger partial charge in [0.05, 0.1) is 22.7 Å². The molecule has 0 bridgehead atoms. The molecule has 178 valence electrons. The summed E-state index contributed by atoms with van der Waals surface area (Å²) in [4.78, 5) is 31.3. The Balaban J connectivity index is 1.32. The van der Waals surface area contributed by atoms with Crippen molar-refractivity contribution in [2.75, 3.05) is 18.0 Å². The van der Waals surface area contributed by atoms with Crippen LogP contribution < -0.4 is 10.2 Å². The third-order valence-electron chi connectivity index (χ3n) is 6.30. The number of piperidine rings is 1. The maximum Gasteiger partial charge on any atom is 0.326 e. The molecule has 7 nitrogen and oxygen atoms in total. The van der Waals surface area contributed by atoms with Crippen molar-refractivity contribution in [3.8, 4) is 0 Å². The van der Waals surface area contributed by atoms with Gasteiger partial charge in [0.2, 0.25) is 5.91 Å². The Morgan fingerprint density at radius 3 is 2.59 bits per heavy atom. The summed E-state index contributed by atoms with van der Waals surface area (Å²) >= 11 is 6.46. The van der Waals surface area contributed by atoms with Crippen LogP contribution in [-0.2, 0) is 22.6 Å². The highest BCUT2D eigenvalue weighted by atomic mass is 35.5. The minimum absolute atomic E-state index is 0.139. The Hall–Kier alpha value is -3.32. The predicted octanol–water partition coefficient (Wildman–Crippen LogP) is 3.92. The molecule has 1 amide bonds. The molecule has 2 aromatic carbocycles. The highest BCUT2D eigenvalue weighted by Crippen LogP contribution is 2.32. The fourth-order valence-corrected chi connectivity index (χ4v) is 4.60. The van der Waals surface area contributed by atoms with E-state index in [0.29, 0.717) is 38.2 Å². The van der Waals surface area contributed by atoms with Gasteiger partial charge >= 0.3 is 5.97 Å². The van der Waals surface area contributed by atoms with E-state index in [0.717, 1.165) is 21.8 Å². The number of hydrogen-bond donors (Lipinski definition) is 2. The van der Waals surface area contributed by atoms with Crippen molar-refractivity contribution in [2.45, 2.75) is 38.8 Å². The molecule has 34 heavy (non-hydrogen) atoms. The Labute approximate surface area is 204 Å². The third kappa shape index (κ3) is 5.78. The Bertz CT molecular complexity index is 1140. The van der Waals surface area contributed by atoms with Gasteiger partial charge in [0.15, 0.2) is 0 Å². The molecule has 1 saturated heterocycles. The van der Waals surface area contributed by atoms with Crippen LogP contribution in [0.25, 0.3) is 0 Å². The summed E-state index contributed by atoms with van der Waals surface area (Å²) in [6.45, 7) is 4.02. The van der Waals surface area contributed by atoms with Crippen molar-refractivity contribution in [1.82, 2.24) is 14.9 Å². The number of amides is 1. The lowest BCUT2D eigenvalue weighted by atomic mass is 9.94. The molecule has 0 saturated carbocycles. The Morgan fingerprint density at radius 1 is 1.15 bits per heavy atom. The number of carbonyl (C=O) groups excluding carboxylic acids is 1. The van der Waals surface area contributed by atoms with E-state index in [-0.39, 0.29) is 18.2 Å². The van der Waals surface area contributed by atoms with Crippen LogP contribution >= 0.6 is 11.6 Å². The van der Waals surface area contributed by atoms with Gasteiger partial charge in [-0.25, -0.2) is 9.78 Å². The molecule has 0 radical (unpaired) electrons. The molecule has 1 unspecified atom stereocenters. The number of nitrogens with zero attached hydrogens (tertiary/aromatic N) is 3. The highest BCUT2D eigenvalue weighted by Gasteiger charge is 2.29. The van der Waals surface area contributed by atoms with Crippen molar-refractivity contribution in [2.24, 2.45) is 5.92 Å². The lowest BCUT2D eigenvalue weighted by Gasteiger charge is -2.34. The second kappa shape index (κ2) is 10.7. The number of anilines is 1. The van der Waals surface area contributed by atoms with Crippen LogP contribution in [0.5, 0.6) is 0 Å². The van der Waals surface area contributed by atoms with E-state index in [9.17, 15) is 14.7 Å². The Kier molecular flexibility index (Phi) is 7.53. The minimum atomic E-state index is -1.06. The summed E-state index contributed by atoms with van der Waals surface area (Å²) in [6, 6.07) is 14.9. The predicted molar refractivity (Wildman–Crippen MR) is 132 cm³/mol. The molecule has 1 aliphatic heterocycles. The fraction of sp³-hybridized carbons (Fsp3) is 0.346. The van der Waals surface area contributed by atoms with Crippen LogP contribution in [0.15, 0.2) is 61.1 Å². The molecule has 8 heteroatoms. The van der Waals surface area contributed by atoms with Gasteiger partial charge in [-0.3, -0.25) is 4.79 Å². The molecule has 2 heterocycles. The quantitative estimate of drug-likeness (QED) is 0.510. The van der Waals surface area contributed by atoms with Gasteiger partial charge < -0.3 is 19.9 Å². The zero-order chi connectivity index (χ0) is 24.1. The van der Waals surface area contributed by atoms with E-state index in [1.807, 2.05) is 66.2 Å². The summed E-state index contributed by atoms with van der Waals surface area (Å²) < 4.78 is 1.91. The molecule has 3 aromatic rings. The summed E-state index contributed by atoms with van der Waals surface area (Å²) in [5.74, 6) is -1.50. The monoisotopic (exact) mass is 480 g/mol. The Morgan fingerprint density at radius 2 is 1.88 bits per heavy atom. The summed E-state index contributed by atoms with van der Waals surface area (Å²) in [5, 5.41) is 13.2. The van der Waals surface area contributed by atoms with Crippen LogP contribution in [0.1, 0.15) is 29.7 Å². The van der Waals surface area contributed by atoms with Crippen LogP contribution in [-0.4, -0.2) is 45.7 Å². The van der Waals surface area contributed by atoms with Gasteiger partial charge in [-0.1, -0.05) is 54.1 Å². The molecule has 1 fully saturated rings. The lowest BCUT2D eigenvalue weighted by Crippen LogP contribution is -2.47. The first kappa shape index (κ1) is 23.8. The number of hydrogen-bond acceptors (Lipinski definition) is 4. The number of carboxylic acids is 1. The highest BCUT2D eigenvalue weighted by molar-refractivity contribution is 6.34. The standard InChI is InChI=1S/C26H29ClN4O3/c1-18-6-5-9-23(24(18)27)31-12-10-20(11-13-31)25(32)29-22(26(33)34)14-21-16-30(17-28-21)15-19-7-3-2-4-8-19/h2-9,16-17,20,22H,10-15H2,1H3,(H,29,32)(H,33,34). The SMILES string of the molecule is Cc1cccc(N2CCC(C(=O)NC(Cc3cn(Cc4ccccc4)cn3)C(=O)O)CC2)c1Cl. The normalized spacial score (nSPS) is 15.2. The van der Waals surface area contributed by atoms with Crippen molar-refractivity contribution in [3.63, 3.8) is 0 Å². The second-order valence-corrected chi connectivity index (χ2v) is 9.17. The number of nitrogens with one attached hydrogen (secondary N) is 1. The molecule has 0 aliphatic carbocycles. The maximum absolute atomic E-state index is 12.9. The first-order chi connectivity index (χ1) is 16.4. The van der Waals surface area contributed by atoms with Gasteiger partial charge in [-0.05, 0) is 37.0 Å². The molecule has 0 spiro atoms. The average molecular weight is 481 g/mol. The number of rotatable bonds is 8. The van der Waals surface area contributed by atoms with Crippen molar-refractivity contribution < 1.29 is 14.7 Å². The lowest BCUT2D eigenvalue weighted by molar-refractivity contribution is -0.142. The molecular weight excluding hydrogens is 452 g/mol. The molecule has 1 aromatic heterocycles. The van der Waals surface area contributed by atoms with E-state index in [1.54, 1.807) is 6.33 Å². The average Bonchev–Trinajstić information content (AvgIpc) is 3.28. The second-order valence-electron chi connectivity index (χ2n) is 8.80. The van der Waals surface area contributed by atoms with Crippen LogP contribution in [0, 0.1) is 12.8 Å². The molecular formula is C26H29ClN4O3. The van der Waals surface area contributed by atoms with E-state index in [4.69, 9.17) is 11.6 Å². The van der Waals surface area contributed by atoms with E-state index < -0.39 is 12.0 Å². The zero-order valence-electron chi connectivity index (χ0n) is 19.2. The first-order valence-electron chi connectivity index (χ1n) is 11.5. The number of halogens is 1. The van der Waals surface area contributed by atoms with Crippen LogP contribution in [0.3, 0.4) is 0 Å². The van der Waals surface area contributed by atoms with Gasteiger partial charge in [0, 0.05) is 38.2 Å². The number of carboxylic acid groups (broad SMARTS) is 1. The largest absolute Gasteiger partial charge is 0.480 e. The number of aryl methyl sites for hydroxylation is 1. The topological polar surface area (TPSA) is 87.5 Å². The number of imidazole rings is 1. The van der Waals surface area contributed by atoms with Gasteiger partial charge in [0.1, 0.15) is 6.04 Å². The number of aliphatic carboxylic acids is 1.